The van der Waals surface area contributed by atoms with E-state index in [9.17, 15) is 23.5 Å². The fraction of sp³-hybridized carbons (Fsp3) is 0.263. The van der Waals surface area contributed by atoms with Gasteiger partial charge in [0, 0.05) is 29.4 Å². The fourth-order valence-electron chi connectivity index (χ4n) is 3.79. The number of amidine groups is 1. The molecule has 2 aliphatic rings. The Kier molecular flexibility index (Phi) is 4.74. The highest BCUT2D eigenvalue weighted by Crippen LogP contribution is 2.66. The first-order chi connectivity index (χ1) is 14.1. The lowest BCUT2D eigenvalue weighted by Crippen LogP contribution is -2.39. The topological polar surface area (TPSA) is 118 Å². The minimum atomic E-state index is -1.40. The van der Waals surface area contributed by atoms with Gasteiger partial charge in [-0.1, -0.05) is 23.4 Å². The highest BCUT2D eigenvalue weighted by Gasteiger charge is 2.71. The number of hydrogen-bond donors (Lipinski definition) is 3. The predicted molar refractivity (Wildman–Crippen MR) is 109 cm³/mol. The number of hydrogen-bond acceptors (Lipinski definition) is 6. The Bertz CT molecular complexity index is 1110. The van der Waals surface area contributed by atoms with Crippen LogP contribution in [0.15, 0.2) is 35.5 Å². The van der Waals surface area contributed by atoms with E-state index in [-0.39, 0.29) is 28.5 Å². The van der Waals surface area contributed by atoms with Crippen LogP contribution in [-0.2, 0) is 10.3 Å². The highest BCUT2D eigenvalue weighted by atomic mass is 35.5. The second-order valence-electron chi connectivity index (χ2n) is 7.29. The van der Waals surface area contributed by atoms with Gasteiger partial charge in [-0.25, -0.2) is 13.8 Å². The maximum atomic E-state index is 14.8. The molecule has 0 radical (unpaired) electrons. The molecule has 1 aliphatic carbocycles. The number of halogens is 3. The first kappa shape index (κ1) is 20.5. The zero-order chi connectivity index (χ0) is 21.8. The average Bonchev–Trinajstić information content (AvgIpc) is 3.42. The molecule has 0 bridgehead atoms. The third-order valence-corrected chi connectivity index (χ3v) is 6.89. The summed E-state index contributed by atoms with van der Waals surface area (Å²) in [6.45, 7) is 1.51. The average molecular weight is 453 g/mol. The molecule has 2 heterocycles. The van der Waals surface area contributed by atoms with Crippen LogP contribution in [0.25, 0.3) is 0 Å². The van der Waals surface area contributed by atoms with Crippen molar-refractivity contribution in [3.05, 3.63) is 58.4 Å². The Balaban J connectivity index is 1.72. The van der Waals surface area contributed by atoms with E-state index in [2.05, 4.69) is 15.3 Å². The van der Waals surface area contributed by atoms with Crippen LogP contribution in [0.4, 0.5) is 14.5 Å². The number of rotatable bonds is 4. The second kappa shape index (κ2) is 6.92. The largest absolute Gasteiger partial charge is 0.480 e. The van der Waals surface area contributed by atoms with Gasteiger partial charge in [-0.15, -0.1) is 0 Å². The van der Waals surface area contributed by atoms with Crippen LogP contribution in [-0.4, -0.2) is 31.9 Å². The third kappa shape index (κ3) is 3.20. The summed E-state index contributed by atoms with van der Waals surface area (Å²) >= 11 is 6.66. The Hall–Kier alpha value is -2.72. The van der Waals surface area contributed by atoms with Crippen molar-refractivity contribution in [1.82, 2.24) is 4.98 Å². The molecule has 7 nitrogen and oxygen atoms in total. The molecular formula is C19H15ClF2N4O3S. The minimum absolute atomic E-state index is 0.0201. The third-order valence-electron chi connectivity index (χ3n) is 5.37. The van der Waals surface area contributed by atoms with Crippen molar-refractivity contribution in [2.24, 2.45) is 16.6 Å². The van der Waals surface area contributed by atoms with Crippen molar-refractivity contribution in [3.8, 4) is 0 Å². The van der Waals surface area contributed by atoms with Gasteiger partial charge in [-0.2, -0.15) is 0 Å². The normalized spacial score (nSPS) is 27.1. The maximum Gasteiger partial charge on any atom is 0.320 e. The number of benzene rings is 1. The number of carbonyl (C=O) groups excluding carboxylic acids is 1. The molecule has 1 aromatic carbocycles. The van der Waals surface area contributed by atoms with Crippen LogP contribution < -0.4 is 11.1 Å². The van der Waals surface area contributed by atoms with Gasteiger partial charge in [-0.3, -0.25) is 14.6 Å². The van der Waals surface area contributed by atoms with Crippen LogP contribution in [0.1, 0.15) is 29.4 Å². The van der Waals surface area contributed by atoms with E-state index >= 15 is 0 Å². The second-order valence-corrected chi connectivity index (χ2v) is 9.07. The summed E-state index contributed by atoms with van der Waals surface area (Å²) < 4.78 is 28.0. The molecule has 3 atom stereocenters. The van der Waals surface area contributed by atoms with E-state index < -0.39 is 39.7 Å². The van der Waals surface area contributed by atoms with E-state index in [0.717, 1.165) is 17.8 Å². The Labute approximate surface area is 178 Å². The van der Waals surface area contributed by atoms with Gasteiger partial charge < -0.3 is 16.2 Å². The molecule has 1 saturated carbocycles. The Morgan fingerprint density at radius 1 is 1.37 bits per heavy atom. The lowest BCUT2D eigenvalue weighted by Gasteiger charge is -2.33. The van der Waals surface area contributed by atoms with Crippen LogP contribution in [0.3, 0.4) is 0 Å². The minimum Gasteiger partial charge on any atom is -0.480 e. The summed E-state index contributed by atoms with van der Waals surface area (Å²) in [6, 6.07) is 4.92. The van der Waals surface area contributed by atoms with Gasteiger partial charge in [0.15, 0.2) is 16.8 Å². The fourth-order valence-corrected chi connectivity index (χ4v) is 5.22. The molecule has 1 amide bonds. The summed E-state index contributed by atoms with van der Waals surface area (Å²) in [4.78, 5) is 32.3. The SMILES string of the molecule is C[C@]1(c2cc(NC(=O)c3ccc(Cl)cn3)cc(F)c2F)N=C(N)S[C@@]2(C(=O)O)C[C@H]21. The van der Waals surface area contributed by atoms with Gasteiger partial charge in [0.2, 0.25) is 0 Å². The molecule has 2 aromatic rings. The van der Waals surface area contributed by atoms with E-state index in [1.54, 1.807) is 0 Å². The van der Waals surface area contributed by atoms with Gasteiger partial charge >= 0.3 is 5.97 Å². The summed E-state index contributed by atoms with van der Waals surface area (Å²) in [5.41, 5.74) is 4.24. The smallest absolute Gasteiger partial charge is 0.320 e. The number of fused-ring (bicyclic) bond motifs is 1. The molecule has 4 N–H and O–H groups in total. The number of aliphatic imine (C=N–C) groups is 1. The van der Waals surface area contributed by atoms with E-state index in [0.29, 0.717) is 5.02 Å². The molecule has 1 aliphatic heterocycles. The highest BCUT2D eigenvalue weighted by molar-refractivity contribution is 8.15. The van der Waals surface area contributed by atoms with Gasteiger partial charge in [0.05, 0.1) is 10.6 Å². The summed E-state index contributed by atoms with van der Waals surface area (Å²) in [6.07, 6.45) is 1.49. The predicted octanol–water partition coefficient (Wildman–Crippen LogP) is 3.39. The molecule has 30 heavy (non-hydrogen) atoms. The number of nitrogens with zero attached hydrogens (tertiary/aromatic N) is 2. The molecule has 156 valence electrons. The number of carboxylic acid groups (broad SMARTS) is 1. The number of pyridine rings is 1. The zero-order valence-corrected chi connectivity index (χ0v) is 17.0. The number of carbonyl (C=O) groups is 2. The number of nitrogens with two attached hydrogens (primary N) is 1. The lowest BCUT2D eigenvalue weighted by molar-refractivity contribution is -0.137. The van der Waals surface area contributed by atoms with Crippen molar-refractivity contribution in [2.45, 2.75) is 23.6 Å². The molecule has 4 rings (SSSR count). The Morgan fingerprint density at radius 3 is 2.73 bits per heavy atom. The van der Waals surface area contributed by atoms with Crippen LogP contribution >= 0.6 is 23.4 Å². The Morgan fingerprint density at radius 2 is 2.10 bits per heavy atom. The molecule has 0 saturated heterocycles. The first-order valence-electron chi connectivity index (χ1n) is 8.77. The van der Waals surface area contributed by atoms with Crippen molar-refractivity contribution < 1.29 is 23.5 Å². The summed E-state index contributed by atoms with van der Waals surface area (Å²) in [5.74, 6) is -4.70. The summed E-state index contributed by atoms with van der Waals surface area (Å²) in [5, 5.41) is 12.4. The number of anilines is 1. The first-order valence-corrected chi connectivity index (χ1v) is 9.96. The van der Waals surface area contributed by atoms with Crippen LogP contribution in [0, 0.1) is 17.6 Å². The standard InChI is InChI=1S/C19H15ClF2N4O3S/c1-18(13-6-19(13,16(28)29)30-17(23)26-18)10-4-9(5-11(21)14(10)22)25-15(27)12-3-2-8(20)7-24-12/h2-5,7,13H,6H2,1H3,(H2,23,26)(H,25,27)(H,28,29)/t13-,18+,19-/m0/s1. The van der Waals surface area contributed by atoms with Gasteiger partial charge in [0.25, 0.3) is 5.91 Å². The number of aliphatic carboxylic acids is 1. The maximum absolute atomic E-state index is 14.8. The molecule has 0 spiro atoms. The lowest BCUT2D eigenvalue weighted by atomic mass is 9.85. The quantitative estimate of drug-likeness (QED) is 0.654. The molecule has 11 heteroatoms. The van der Waals surface area contributed by atoms with Crippen molar-refractivity contribution >= 4 is 46.1 Å². The number of carboxylic acids is 1. The summed E-state index contributed by atoms with van der Waals surface area (Å²) in [7, 11) is 0. The molecule has 1 fully saturated rings. The molecule has 0 unspecified atom stereocenters. The number of thioether (sulfide) groups is 1. The van der Waals surface area contributed by atoms with E-state index in [1.807, 2.05) is 0 Å². The number of amides is 1. The molecule has 1 aromatic heterocycles. The van der Waals surface area contributed by atoms with Crippen LogP contribution in [0.5, 0.6) is 0 Å². The number of aromatic nitrogens is 1. The van der Waals surface area contributed by atoms with Crippen LogP contribution in [0.2, 0.25) is 5.02 Å². The van der Waals surface area contributed by atoms with E-state index in [4.69, 9.17) is 17.3 Å². The van der Waals surface area contributed by atoms with Gasteiger partial charge in [-0.05, 0) is 31.5 Å². The molecular weight excluding hydrogens is 438 g/mol. The number of nitrogens with one attached hydrogen (secondary N) is 1. The van der Waals surface area contributed by atoms with Crippen molar-refractivity contribution in [3.63, 3.8) is 0 Å². The van der Waals surface area contributed by atoms with Gasteiger partial charge in [0.1, 0.15) is 10.4 Å². The van der Waals surface area contributed by atoms with Crippen molar-refractivity contribution in [1.29, 1.82) is 0 Å². The van der Waals surface area contributed by atoms with Crippen molar-refractivity contribution in [2.75, 3.05) is 5.32 Å². The monoisotopic (exact) mass is 452 g/mol. The zero-order valence-electron chi connectivity index (χ0n) is 15.4. The van der Waals surface area contributed by atoms with E-state index in [1.165, 1.54) is 31.3 Å².